The number of ether oxygens (including phenoxy) is 3. The van der Waals surface area contributed by atoms with Crippen molar-refractivity contribution in [1.82, 2.24) is 10.6 Å². The van der Waals surface area contributed by atoms with Gasteiger partial charge in [0.15, 0.2) is 0 Å². The first-order valence-corrected chi connectivity index (χ1v) is 11.4. The predicted octanol–water partition coefficient (Wildman–Crippen LogP) is 3.30. The maximum Gasteiger partial charge on any atom is 0.407 e. The van der Waals surface area contributed by atoms with E-state index in [2.05, 4.69) is 10.6 Å². The van der Waals surface area contributed by atoms with E-state index in [0.717, 1.165) is 19.3 Å². The molecule has 33 heavy (non-hydrogen) atoms. The minimum Gasteiger partial charge on any atom is -0.492 e. The van der Waals surface area contributed by atoms with E-state index in [1.807, 2.05) is 45.0 Å². The quantitative estimate of drug-likeness (QED) is 0.266. The number of alkyl carbamates (subject to hydrolysis) is 1. The van der Waals surface area contributed by atoms with E-state index in [-0.39, 0.29) is 19.4 Å². The van der Waals surface area contributed by atoms with Gasteiger partial charge in [0, 0.05) is 19.1 Å². The summed E-state index contributed by atoms with van der Waals surface area (Å²) in [6.45, 7) is 8.79. The largest absolute Gasteiger partial charge is 0.492 e. The first-order valence-electron chi connectivity index (χ1n) is 11.4. The number of carboxylic acid groups (broad SMARTS) is 1. The zero-order valence-corrected chi connectivity index (χ0v) is 20.1. The SMILES string of the molecule is CCOC(=O)CC(CC(=O)O)NCCOc1ccc(CCCCNC(=O)OC(C)(C)C)cc1. The van der Waals surface area contributed by atoms with Gasteiger partial charge in [0.1, 0.15) is 18.0 Å². The van der Waals surface area contributed by atoms with E-state index in [4.69, 9.17) is 19.3 Å². The van der Waals surface area contributed by atoms with Crippen LogP contribution in [0.2, 0.25) is 0 Å². The van der Waals surface area contributed by atoms with Crippen molar-refractivity contribution in [3.05, 3.63) is 29.8 Å². The molecule has 1 unspecified atom stereocenters. The molecule has 0 saturated carbocycles. The zero-order valence-electron chi connectivity index (χ0n) is 20.1. The number of benzene rings is 1. The van der Waals surface area contributed by atoms with Gasteiger partial charge in [-0.25, -0.2) is 4.79 Å². The molecule has 0 aliphatic carbocycles. The summed E-state index contributed by atoms with van der Waals surface area (Å²) in [6.07, 6.45) is 2.12. The maximum atomic E-state index is 11.6. The van der Waals surface area contributed by atoms with Gasteiger partial charge in [-0.05, 0) is 64.7 Å². The van der Waals surface area contributed by atoms with E-state index >= 15 is 0 Å². The molecule has 1 atom stereocenters. The van der Waals surface area contributed by atoms with E-state index in [0.29, 0.717) is 25.4 Å². The molecule has 0 bridgehead atoms. The Morgan fingerprint density at radius 1 is 1.03 bits per heavy atom. The Bertz CT molecular complexity index is 729. The van der Waals surface area contributed by atoms with Crippen LogP contribution < -0.4 is 15.4 Å². The van der Waals surface area contributed by atoms with Gasteiger partial charge >= 0.3 is 18.0 Å². The molecule has 1 amide bonds. The van der Waals surface area contributed by atoms with Gasteiger partial charge in [0.05, 0.1) is 19.4 Å². The number of carbonyl (C=O) groups is 3. The first-order chi connectivity index (χ1) is 15.6. The monoisotopic (exact) mass is 466 g/mol. The number of aryl methyl sites for hydroxylation is 1. The van der Waals surface area contributed by atoms with E-state index in [1.165, 1.54) is 5.56 Å². The second kappa shape index (κ2) is 15.1. The minimum absolute atomic E-state index is 0.00211. The second-order valence-corrected chi connectivity index (χ2v) is 8.64. The Morgan fingerprint density at radius 3 is 2.33 bits per heavy atom. The maximum absolute atomic E-state index is 11.6. The topological polar surface area (TPSA) is 123 Å². The third-order valence-electron chi connectivity index (χ3n) is 4.43. The van der Waals surface area contributed by atoms with E-state index in [9.17, 15) is 14.4 Å². The highest BCUT2D eigenvalue weighted by atomic mass is 16.6. The Kier molecular flexibility index (Phi) is 12.9. The lowest BCUT2D eigenvalue weighted by Crippen LogP contribution is -2.36. The molecule has 9 nitrogen and oxygen atoms in total. The van der Waals surface area contributed by atoms with Gasteiger partial charge in [-0.1, -0.05) is 12.1 Å². The summed E-state index contributed by atoms with van der Waals surface area (Å²) in [7, 11) is 0. The fourth-order valence-electron chi connectivity index (χ4n) is 2.99. The molecule has 0 fully saturated rings. The molecule has 0 radical (unpaired) electrons. The van der Waals surface area contributed by atoms with Crippen LogP contribution in [0.25, 0.3) is 0 Å². The van der Waals surface area contributed by atoms with Crippen molar-refractivity contribution < 1.29 is 33.7 Å². The molecule has 9 heteroatoms. The van der Waals surface area contributed by atoms with Crippen LogP contribution in [-0.2, 0) is 25.5 Å². The summed E-state index contributed by atoms with van der Waals surface area (Å²) in [5.41, 5.74) is 0.681. The lowest BCUT2D eigenvalue weighted by atomic mass is 10.1. The highest BCUT2D eigenvalue weighted by Crippen LogP contribution is 2.14. The Hall–Kier alpha value is -2.81. The number of esters is 1. The fourth-order valence-corrected chi connectivity index (χ4v) is 2.99. The van der Waals surface area contributed by atoms with Crippen molar-refractivity contribution >= 4 is 18.0 Å². The Balaban J connectivity index is 2.26. The van der Waals surface area contributed by atoms with Crippen molar-refractivity contribution in [3.8, 4) is 5.75 Å². The number of rotatable bonds is 15. The number of amides is 1. The van der Waals surface area contributed by atoms with Crippen LogP contribution in [0.3, 0.4) is 0 Å². The summed E-state index contributed by atoms with van der Waals surface area (Å²) >= 11 is 0. The number of hydrogen-bond acceptors (Lipinski definition) is 7. The highest BCUT2D eigenvalue weighted by Gasteiger charge is 2.17. The Labute approximate surface area is 196 Å². The van der Waals surface area contributed by atoms with Crippen LogP contribution in [0.1, 0.15) is 58.9 Å². The molecule has 1 rings (SSSR count). The van der Waals surface area contributed by atoms with Gasteiger partial charge in [0.2, 0.25) is 0 Å². The lowest BCUT2D eigenvalue weighted by Gasteiger charge is -2.19. The van der Waals surface area contributed by atoms with Gasteiger partial charge in [-0.15, -0.1) is 0 Å². The molecular formula is C24H38N2O7. The summed E-state index contributed by atoms with van der Waals surface area (Å²) in [4.78, 5) is 34.2. The second-order valence-electron chi connectivity index (χ2n) is 8.64. The van der Waals surface area contributed by atoms with Crippen molar-refractivity contribution in [2.75, 3.05) is 26.3 Å². The normalized spacial score (nSPS) is 12.0. The van der Waals surface area contributed by atoms with E-state index < -0.39 is 29.7 Å². The average Bonchev–Trinajstić information content (AvgIpc) is 2.70. The molecule has 0 spiro atoms. The molecule has 186 valence electrons. The first kappa shape index (κ1) is 28.2. The number of carboxylic acids is 1. The molecular weight excluding hydrogens is 428 g/mol. The van der Waals surface area contributed by atoms with Crippen molar-refractivity contribution in [2.24, 2.45) is 0 Å². The summed E-state index contributed by atoms with van der Waals surface area (Å²) in [5.74, 6) is -0.686. The number of aliphatic carboxylic acids is 1. The number of nitrogens with one attached hydrogen (secondary N) is 2. The zero-order chi connectivity index (χ0) is 24.7. The van der Waals surface area contributed by atoms with Gasteiger partial charge in [0.25, 0.3) is 0 Å². The van der Waals surface area contributed by atoms with Crippen molar-refractivity contribution in [1.29, 1.82) is 0 Å². The molecule has 0 saturated heterocycles. The van der Waals surface area contributed by atoms with Crippen LogP contribution in [0.15, 0.2) is 24.3 Å². The van der Waals surface area contributed by atoms with Gasteiger partial charge < -0.3 is 30.0 Å². The smallest absolute Gasteiger partial charge is 0.407 e. The Morgan fingerprint density at radius 2 is 1.73 bits per heavy atom. The molecule has 1 aromatic carbocycles. The van der Waals surface area contributed by atoms with Crippen LogP contribution in [0.5, 0.6) is 5.75 Å². The molecule has 0 aromatic heterocycles. The third kappa shape index (κ3) is 14.8. The summed E-state index contributed by atoms with van der Waals surface area (Å²) < 4.78 is 15.8. The predicted molar refractivity (Wildman–Crippen MR) is 124 cm³/mol. The lowest BCUT2D eigenvalue weighted by molar-refractivity contribution is -0.144. The summed E-state index contributed by atoms with van der Waals surface area (Å²) in [6, 6.07) is 7.27. The number of hydrogen-bond donors (Lipinski definition) is 3. The average molecular weight is 467 g/mol. The minimum atomic E-state index is -0.978. The highest BCUT2D eigenvalue weighted by molar-refractivity contribution is 5.73. The van der Waals surface area contributed by atoms with Crippen LogP contribution in [-0.4, -0.2) is 61.1 Å². The van der Waals surface area contributed by atoms with Gasteiger partial charge in [-0.2, -0.15) is 0 Å². The molecule has 0 heterocycles. The summed E-state index contributed by atoms with van der Waals surface area (Å²) in [5, 5.41) is 14.8. The molecule has 1 aromatic rings. The van der Waals surface area contributed by atoms with Crippen LogP contribution in [0, 0.1) is 0 Å². The molecule has 0 aliphatic heterocycles. The molecule has 0 aliphatic rings. The fraction of sp³-hybridized carbons (Fsp3) is 0.625. The van der Waals surface area contributed by atoms with E-state index in [1.54, 1.807) is 6.92 Å². The van der Waals surface area contributed by atoms with Crippen LogP contribution in [0.4, 0.5) is 4.79 Å². The number of unbranched alkanes of at least 4 members (excludes halogenated alkanes) is 1. The third-order valence-corrected chi connectivity index (χ3v) is 4.43. The van der Waals surface area contributed by atoms with Crippen molar-refractivity contribution in [3.63, 3.8) is 0 Å². The van der Waals surface area contributed by atoms with Crippen molar-refractivity contribution in [2.45, 2.75) is 71.4 Å². The number of carbonyl (C=O) groups excluding carboxylic acids is 2. The molecule has 3 N–H and O–H groups in total. The standard InChI is InChI=1S/C24H38N2O7/c1-5-31-22(29)17-19(16-21(27)28)25-14-15-32-20-11-9-18(10-12-20)8-6-7-13-26-23(30)33-24(2,3)4/h9-12,19,25H,5-8,13-17H2,1-4H3,(H,26,30)(H,27,28). The van der Waals surface area contributed by atoms with Crippen LogP contribution >= 0.6 is 0 Å². The van der Waals surface area contributed by atoms with Gasteiger partial charge in [-0.3, -0.25) is 9.59 Å².